The molecule has 0 radical (unpaired) electrons. The van der Waals surface area contributed by atoms with Crippen molar-refractivity contribution in [3.8, 4) is 5.69 Å². The molecule has 2 heterocycles. The average molecular weight is 450 g/mol. The Hall–Kier alpha value is -2.14. The van der Waals surface area contributed by atoms with Crippen LogP contribution in [0.4, 0.5) is 0 Å². The van der Waals surface area contributed by atoms with Gasteiger partial charge in [0.05, 0.1) is 17.6 Å². The standard InChI is InChI=1S/C28H39N3O2/c1-3-23(26-9-4-5-14-29-26)24-13-12-21(15-18(24)2)20-7-6-8-22(16-20)31-27(19-10-11-19)25(17-30-31)28(32)33/h6-8,16-19,21,23-24,26,29H,3-5,9-15H2,1-2H3,(H,32,33)/t18-,21?,23?,24?,26?/m1/s1. The van der Waals surface area contributed by atoms with E-state index in [1.165, 1.54) is 63.3 Å². The maximum atomic E-state index is 11.7. The van der Waals surface area contributed by atoms with Gasteiger partial charge in [-0.3, -0.25) is 0 Å². The van der Waals surface area contributed by atoms with E-state index in [4.69, 9.17) is 0 Å². The fraction of sp³-hybridized carbons (Fsp3) is 0.643. The Balaban J connectivity index is 1.33. The molecule has 2 saturated carbocycles. The van der Waals surface area contributed by atoms with E-state index in [2.05, 4.69) is 48.5 Å². The number of rotatable bonds is 7. The second kappa shape index (κ2) is 9.61. The van der Waals surface area contributed by atoms with Gasteiger partial charge in [-0.1, -0.05) is 38.8 Å². The van der Waals surface area contributed by atoms with Crippen molar-refractivity contribution in [2.45, 2.75) is 89.5 Å². The molecule has 0 bridgehead atoms. The summed E-state index contributed by atoms with van der Waals surface area (Å²) in [6, 6.07) is 9.44. The number of aromatic carboxylic acids is 1. The maximum Gasteiger partial charge on any atom is 0.339 e. The number of nitrogens with one attached hydrogen (secondary N) is 1. The minimum Gasteiger partial charge on any atom is -0.478 e. The van der Waals surface area contributed by atoms with Gasteiger partial charge in [-0.05, 0) is 92.9 Å². The number of benzene rings is 1. The van der Waals surface area contributed by atoms with Crippen molar-refractivity contribution < 1.29 is 9.90 Å². The van der Waals surface area contributed by atoms with Crippen LogP contribution in [0.25, 0.3) is 5.69 Å². The molecule has 2 aromatic rings. The van der Waals surface area contributed by atoms with E-state index in [0.29, 0.717) is 23.4 Å². The van der Waals surface area contributed by atoms with E-state index in [1.54, 1.807) is 0 Å². The van der Waals surface area contributed by atoms with E-state index in [0.717, 1.165) is 42.0 Å². The molecule has 4 unspecified atom stereocenters. The zero-order valence-corrected chi connectivity index (χ0v) is 20.2. The number of nitrogens with zero attached hydrogens (tertiary/aromatic N) is 2. The van der Waals surface area contributed by atoms with Gasteiger partial charge in [0.2, 0.25) is 0 Å². The fourth-order valence-electron chi connectivity index (χ4n) is 6.88. The topological polar surface area (TPSA) is 67.2 Å². The first kappa shape index (κ1) is 22.6. The molecule has 3 fully saturated rings. The lowest BCUT2D eigenvalue weighted by atomic mass is 9.65. The van der Waals surface area contributed by atoms with Crippen LogP contribution in [0.2, 0.25) is 0 Å². The zero-order valence-electron chi connectivity index (χ0n) is 20.2. The molecule has 1 saturated heterocycles. The van der Waals surface area contributed by atoms with Crippen LogP contribution in [0, 0.1) is 17.8 Å². The molecular weight excluding hydrogens is 410 g/mol. The molecule has 1 aliphatic heterocycles. The highest BCUT2D eigenvalue weighted by molar-refractivity contribution is 5.89. The van der Waals surface area contributed by atoms with E-state index in [9.17, 15) is 9.90 Å². The highest BCUT2D eigenvalue weighted by atomic mass is 16.4. The number of hydrogen-bond acceptors (Lipinski definition) is 3. The van der Waals surface area contributed by atoms with Crippen LogP contribution < -0.4 is 5.32 Å². The third-order valence-corrected chi connectivity index (χ3v) is 8.71. The van der Waals surface area contributed by atoms with Crippen LogP contribution in [-0.2, 0) is 0 Å². The van der Waals surface area contributed by atoms with Crippen molar-refractivity contribution in [2.75, 3.05) is 6.54 Å². The summed E-state index contributed by atoms with van der Waals surface area (Å²) >= 11 is 0. The van der Waals surface area contributed by atoms with Gasteiger partial charge in [-0.25, -0.2) is 9.48 Å². The summed E-state index contributed by atoms with van der Waals surface area (Å²) < 4.78 is 1.89. The summed E-state index contributed by atoms with van der Waals surface area (Å²) in [5.41, 5.74) is 3.63. The SMILES string of the molecule is CCC(C1CCCCN1)C1CCC(c2cccc(-n3ncc(C(=O)O)c3C3CC3)c2)C[C@H]1C. The summed E-state index contributed by atoms with van der Waals surface area (Å²) in [6.07, 6.45) is 12.8. The van der Waals surface area contributed by atoms with Crippen molar-refractivity contribution in [3.05, 3.63) is 47.3 Å². The number of hydrogen-bond donors (Lipinski definition) is 2. The lowest BCUT2D eigenvalue weighted by Gasteiger charge is -2.43. The first-order valence-electron chi connectivity index (χ1n) is 13.2. The zero-order chi connectivity index (χ0) is 22.9. The molecule has 3 aliphatic rings. The molecule has 0 amide bonds. The Labute approximate surface area is 198 Å². The second-order valence-electron chi connectivity index (χ2n) is 10.8. The summed E-state index contributed by atoms with van der Waals surface area (Å²) in [5.74, 6) is 2.38. The van der Waals surface area contributed by atoms with Crippen LogP contribution in [0.15, 0.2) is 30.5 Å². The summed E-state index contributed by atoms with van der Waals surface area (Å²) in [4.78, 5) is 11.7. The van der Waals surface area contributed by atoms with Crippen LogP contribution >= 0.6 is 0 Å². The van der Waals surface area contributed by atoms with Gasteiger partial charge in [-0.2, -0.15) is 5.10 Å². The normalized spacial score (nSPS) is 29.0. The minimum atomic E-state index is -0.871. The Morgan fingerprint density at radius 1 is 1.18 bits per heavy atom. The van der Waals surface area contributed by atoms with E-state index < -0.39 is 5.97 Å². The van der Waals surface area contributed by atoms with Crippen LogP contribution in [0.1, 0.15) is 105 Å². The van der Waals surface area contributed by atoms with Crippen LogP contribution in [0.5, 0.6) is 0 Å². The smallest absolute Gasteiger partial charge is 0.339 e. The number of carboxylic acids is 1. The molecule has 5 nitrogen and oxygen atoms in total. The number of aromatic nitrogens is 2. The summed E-state index contributed by atoms with van der Waals surface area (Å²) in [7, 11) is 0. The predicted molar refractivity (Wildman–Crippen MR) is 131 cm³/mol. The van der Waals surface area contributed by atoms with E-state index in [1.807, 2.05) is 4.68 Å². The molecule has 5 rings (SSSR count). The quantitative estimate of drug-likeness (QED) is 0.533. The molecular formula is C28H39N3O2. The maximum absolute atomic E-state index is 11.7. The third kappa shape index (κ3) is 4.62. The van der Waals surface area contributed by atoms with Crippen molar-refractivity contribution in [1.29, 1.82) is 0 Å². The molecule has 178 valence electrons. The number of carboxylic acid groups (broad SMARTS) is 1. The largest absolute Gasteiger partial charge is 0.478 e. The van der Waals surface area contributed by atoms with Crippen molar-refractivity contribution in [1.82, 2.24) is 15.1 Å². The Bertz CT molecular complexity index is 973. The first-order chi connectivity index (χ1) is 16.1. The Morgan fingerprint density at radius 2 is 2.00 bits per heavy atom. The summed E-state index contributed by atoms with van der Waals surface area (Å²) in [5, 5.41) is 17.9. The molecule has 0 spiro atoms. The lowest BCUT2D eigenvalue weighted by Crippen LogP contribution is -2.45. The van der Waals surface area contributed by atoms with Crippen molar-refractivity contribution >= 4 is 5.97 Å². The van der Waals surface area contributed by atoms with Gasteiger partial charge in [0.25, 0.3) is 0 Å². The van der Waals surface area contributed by atoms with E-state index >= 15 is 0 Å². The molecule has 33 heavy (non-hydrogen) atoms. The van der Waals surface area contributed by atoms with Gasteiger partial charge in [0.15, 0.2) is 0 Å². The summed E-state index contributed by atoms with van der Waals surface area (Å²) in [6.45, 7) is 6.05. The minimum absolute atomic E-state index is 0.331. The van der Waals surface area contributed by atoms with Gasteiger partial charge >= 0.3 is 5.97 Å². The second-order valence-corrected chi connectivity index (χ2v) is 10.8. The molecule has 1 aromatic heterocycles. The van der Waals surface area contributed by atoms with Gasteiger partial charge in [-0.15, -0.1) is 0 Å². The predicted octanol–water partition coefficient (Wildman–Crippen LogP) is 6.14. The van der Waals surface area contributed by atoms with Gasteiger partial charge < -0.3 is 10.4 Å². The molecule has 5 atom stereocenters. The molecule has 5 heteroatoms. The van der Waals surface area contributed by atoms with Crippen LogP contribution in [-0.4, -0.2) is 33.4 Å². The lowest BCUT2D eigenvalue weighted by molar-refractivity contribution is 0.0695. The monoisotopic (exact) mass is 449 g/mol. The van der Waals surface area contributed by atoms with Crippen LogP contribution in [0.3, 0.4) is 0 Å². The third-order valence-electron chi connectivity index (χ3n) is 8.71. The van der Waals surface area contributed by atoms with E-state index in [-0.39, 0.29) is 0 Å². The van der Waals surface area contributed by atoms with Crippen molar-refractivity contribution in [3.63, 3.8) is 0 Å². The molecule has 1 aromatic carbocycles. The Morgan fingerprint density at radius 3 is 2.67 bits per heavy atom. The first-order valence-corrected chi connectivity index (χ1v) is 13.2. The molecule has 2 aliphatic carbocycles. The number of piperidine rings is 1. The van der Waals surface area contributed by atoms with Gasteiger partial charge in [0, 0.05) is 12.0 Å². The highest BCUT2D eigenvalue weighted by Crippen LogP contribution is 2.46. The average Bonchev–Trinajstić information content (AvgIpc) is 3.58. The van der Waals surface area contributed by atoms with Gasteiger partial charge in [0.1, 0.15) is 5.56 Å². The Kier molecular flexibility index (Phi) is 6.60. The highest BCUT2D eigenvalue weighted by Gasteiger charge is 2.37. The fourth-order valence-corrected chi connectivity index (χ4v) is 6.88. The molecule has 2 N–H and O–H groups in total. The van der Waals surface area contributed by atoms with Crippen molar-refractivity contribution in [2.24, 2.45) is 17.8 Å². The number of carbonyl (C=O) groups is 1.